The minimum Gasteiger partial charge on any atom is -0.394 e. The zero-order valence-electron chi connectivity index (χ0n) is 14.4. The van der Waals surface area contributed by atoms with Gasteiger partial charge in [-0.3, -0.25) is 14.2 Å². The number of nitrogens with one attached hydrogen (secondary N) is 1. The van der Waals surface area contributed by atoms with Gasteiger partial charge in [-0.15, -0.1) is 11.3 Å². The molecule has 2 heterocycles. The minimum atomic E-state index is -1.05. The molecule has 136 valence electrons. The van der Waals surface area contributed by atoms with Gasteiger partial charge in [-0.05, 0) is 31.0 Å². The van der Waals surface area contributed by atoms with E-state index in [4.69, 9.17) is 5.11 Å². The number of carbonyl (C=O) groups excluding carboxylic acids is 1. The van der Waals surface area contributed by atoms with Crippen molar-refractivity contribution >= 4 is 33.1 Å². The Balaban J connectivity index is 1.99. The third-order valence-corrected chi connectivity index (χ3v) is 5.33. The van der Waals surface area contributed by atoms with Crippen molar-refractivity contribution in [3.63, 3.8) is 0 Å². The number of aromatic nitrogens is 2. The lowest BCUT2D eigenvalue weighted by molar-refractivity contribution is 0.0802. The van der Waals surface area contributed by atoms with Crippen LogP contribution in [0, 0.1) is 13.8 Å². The summed E-state index contributed by atoms with van der Waals surface area (Å²) in [5, 5.41) is 21.7. The van der Waals surface area contributed by atoms with Crippen LogP contribution < -0.4 is 10.9 Å². The van der Waals surface area contributed by atoms with E-state index in [0.29, 0.717) is 26.3 Å². The number of amides is 1. The third kappa shape index (κ3) is 3.39. The van der Waals surface area contributed by atoms with Crippen molar-refractivity contribution in [2.24, 2.45) is 0 Å². The monoisotopic (exact) mass is 373 g/mol. The van der Waals surface area contributed by atoms with Crippen LogP contribution in [0.25, 0.3) is 10.2 Å². The first-order chi connectivity index (χ1) is 12.4. The second-order valence-corrected chi connectivity index (χ2v) is 7.04. The van der Waals surface area contributed by atoms with E-state index in [1.807, 2.05) is 31.2 Å². The number of thiophene rings is 1. The molecule has 0 fully saturated rings. The van der Waals surface area contributed by atoms with E-state index in [9.17, 15) is 14.7 Å². The summed E-state index contributed by atoms with van der Waals surface area (Å²) in [6.07, 6.45) is 0.275. The van der Waals surface area contributed by atoms with Gasteiger partial charge in [-0.25, -0.2) is 4.98 Å². The molecule has 8 heteroatoms. The number of anilines is 1. The van der Waals surface area contributed by atoms with Crippen LogP contribution >= 0.6 is 11.3 Å². The number of nitrogens with zero attached hydrogens (tertiary/aromatic N) is 2. The number of aliphatic hydroxyl groups is 2. The molecule has 1 atom stereocenters. The number of rotatable bonds is 5. The summed E-state index contributed by atoms with van der Waals surface area (Å²) in [4.78, 5) is 30.4. The van der Waals surface area contributed by atoms with Gasteiger partial charge >= 0.3 is 0 Å². The number of benzene rings is 1. The van der Waals surface area contributed by atoms with Crippen LogP contribution in [0.1, 0.15) is 20.8 Å². The second kappa shape index (κ2) is 7.36. The lowest BCUT2D eigenvalue weighted by atomic mass is 10.2. The van der Waals surface area contributed by atoms with Gasteiger partial charge in [0.2, 0.25) is 0 Å². The first-order valence-electron chi connectivity index (χ1n) is 8.06. The molecule has 0 radical (unpaired) electrons. The van der Waals surface area contributed by atoms with E-state index < -0.39 is 12.7 Å². The molecule has 0 bridgehead atoms. The van der Waals surface area contributed by atoms with E-state index in [0.717, 1.165) is 16.9 Å². The van der Waals surface area contributed by atoms with Crippen LogP contribution in [-0.2, 0) is 6.54 Å². The van der Waals surface area contributed by atoms with Gasteiger partial charge < -0.3 is 15.5 Å². The summed E-state index contributed by atoms with van der Waals surface area (Å²) in [5.74, 6) is -0.291. The van der Waals surface area contributed by atoms with Crippen molar-refractivity contribution in [2.75, 3.05) is 11.9 Å². The molecule has 0 spiro atoms. The Kier molecular flexibility index (Phi) is 5.17. The standard InChI is InChI=1S/C18H19N3O4S/c1-10-5-3-4-6-13(10)20-16(24)15-11(2)14-17(26-15)19-9-21(18(14)25)7-12(23)8-22/h3-6,9,12,22-23H,7-8H2,1-2H3,(H,20,24)/t12-/m0/s1. The maximum atomic E-state index is 12.7. The molecule has 0 aliphatic rings. The minimum absolute atomic E-state index is 0.0572. The Labute approximate surface area is 153 Å². The van der Waals surface area contributed by atoms with Gasteiger partial charge in [0.25, 0.3) is 11.5 Å². The summed E-state index contributed by atoms with van der Waals surface area (Å²) in [7, 11) is 0. The van der Waals surface area contributed by atoms with Gasteiger partial charge in [0.1, 0.15) is 4.83 Å². The smallest absolute Gasteiger partial charge is 0.266 e. The van der Waals surface area contributed by atoms with Crippen molar-refractivity contribution in [1.82, 2.24) is 9.55 Å². The average molecular weight is 373 g/mol. The summed E-state index contributed by atoms with van der Waals surface area (Å²) in [6.45, 7) is 3.11. The van der Waals surface area contributed by atoms with Crippen LogP contribution in [0.3, 0.4) is 0 Å². The fourth-order valence-corrected chi connectivity index (χ4v) is 3.72. The number of carbonyl (C=O) groups is 1. The van der Waals surface area contributed by atoms with Gasteiger partial charge in [-0.1, -0.05) is 18.2 Å². The fraction of sp³-hybridized carbons (Fsp3) is 0.278. The number of hydrogen-bond acceptors (Lipinski definition) is 6. The Morgan fingerprint density at radius 1 is 1.35 bits per heavy atom. The Hall–Kier alpha value is -2.55. The molecule has 3 aromatic rings. The summed E-state index contributed by atoms with van der Waals surface area (Å²) < 4.78 is 1.24. The fourth-order valence-electron chi connectivity index (χ4n) is 2.68. The summed E-state index contributed by atoms with van der Waals surface area (Å²) in [5.41, 5.74) is 1.87. The van der Waals surface area contributed by atoms with E-state index >= 15 is 0 Å². The van der Waals surface area contributed by atoms with Gasteiger partial charge in [0.05, 0.1) is 35.8 Å². The Morgan fingerprint density at radius 3 is 2.77 bits per heavy atom. The molecule has 0 unspecified atom stereocenters. The molecule has 1 aromatic carbocycles. The van der Waals surface area contributed by atoms with Crippen LogP contribution in [0.5, 0.6) is 0 Å². The lowest BCUT2D eigenvalue weighted by Gasteiger charge is -2.09. The number of para-hydroxylation sites is 1. The highest BCUT2D eigenvalue weighted by Gasteiger charge is 2.20. The summed E-state index contributed by atoms with van der Waals surface area (Å²) >= 11 is 1.16. The van der Waals surface area contributed by atoms with Gasteiger partial charge in [0, 0.05) is 5.69 Å². The molecule has 0 aliphatic carbocycles. The molecule has 1 amide bonds. The van der Waals surface area contributed by atoms with Crippen molar-refractivity contribution in [2.45, 2.75) is 26.5 Å². The van der Waals surface area contributed by atoms with Crippen molar-refractivity contribution in [1.29, 1.82) is 0 Å². The quantitative estimate of drug-likeness (QED) is 0.631. The highest BCUT2D eigenvalue weighted by molar-refractivity contribution is 7.20. The van der Waals surface area contributed by atoms with E-state index in [-0.39, 0.29) is 18.0 Å². The molecule has 2 aromatic heterocycles. The maximum absolute atomic E-state index is 12.7. The third-order valence-electron chi connectivity index (χ3n) is 4.13. The Morgan fingerprint density at radius 2 is 2.08 bits per heavy atom. The van der Waals surface area contributed by atoms with E-state index in [1.54, 1.807) is 6.92 Å². The van der Waals surface area contributed by atoms with Crippen LogP contribution in [-0.4, -0.2) is 38.4 Å². The molecule has 0 saturated carbocycles. The topological polar surface area (TPSA) is 104 Å². The van der Waals surface area contributed by atoms with Crippen LogP contribution in [0.15, 0.2) is 35.4 Å². The van der Waals surface area contributed by atoms with Crippen LogP contribution in [0.4, 0.5) is 5.69 Å². The normalized spacial score (nSPS) is 12.3. The zero-order chi connectivity index (χ0) is 18.8. The number of hydrogen-bond donors (Lipinski definition) is 3. The lowest BCUT2D eigenvalue weighted by Crippen LogP contribution is -2.28. The maximum Gasteiger partial charge on any atom is 0.266 e. The number of aryl methyl sites for hydroxylation is 2. The molecule has 0 aliphatic heterocycles. The van der Waals surface area contributed by atoms with E-state index in [1.165, 1.54) is 10.9 Å². The van der Waals surface area contributed by atoms with Crippen molar-refractivity contribution in [3.05, 3.63) is 57.0 Å². The largest absolute Gasteiger partial charge is 0.394 e. The average Bonchev–Trinajstić information content (AvgIpc) is 2.96. The number of fused-ring (bicyclic) bond motifs is 1. The summed E-state index contributed by atoms with van der Waals surface area (Å²) in [6, 6.07) is 7.45. The number of aliphatic hydroxyl groups excluding tert-OH is 2. The first-order valence-corrected chi connectivity index (χ1v) is 8.88. The molecular weight excluding hydrogens is 354 g/mol. The molecular formula is C18H19N3O4S. The van der Waals surface area contributed by atoms with Gasteiger partial charge in [0.15, 0.2) is 0 Å². The molecule has 3 N–H and O–H groups in total. The molecule has 3 rings (SSSR count). The predicted molar refractivity (Wildman–Crippen MR) is 101 cm³/mol. The molecule has 7 nitrogen and oxygen atoms in total. The van der Waals surface area contributed by atoms with Crippen LogP contribution in [0.2, 0.25) is 0 Å². The SMILES string of the molecule is Cc1ccccc1NC(=O)c1sc2ncn(C[C@H](O)CO)c(=O)c2c1C. The first kappa shape index (κ1) is 18.2. The second-order valence-electron chi connectivity index (χ2n) is 6.04. The van der Waals surface area contributed by atoms with Crippen molar-refractivity contribution < 1.29 is 15.0 Å². The zero-order valence-corrected chi connectivity index (χ0v) is 15.2. The Bertz CT molecular complexity index is 1020. The van der Waals surface area contributed by atoms with Crippen molar-refractivity contribution in [3.8, 4) is 0 Å². The van der Waals surface area contributed by atoms with E-state index in [2.05, 4.69) is 10.3 Å². The highest BCUT2D eigenvalue weighted by Crippen LogP contribution is 2.28. The molecule has 0 saturated heterocycles. The van der Waals surface area contributed by atoms with Gasteiger partial charge in [-0.2, -0.15) is 0 Å². The highest BCUT2D eigenvalue weighted by atomic mass is 32.1. The molecule has 26 heavy (non-hydrogen) atoms. The predicted octanol–water partition coefficient (Wildman–Crippen LogP) is 1.68.